The van der Waals surface area contributed by atoms with E-state index in [0.29, 0.717) is 6.42 Å². The smallest absolute Gasteiger partial charge is 0.341 e. The van der Waals surface area contributed by atoms with Gasteiger partial charge in [-0.05, 0) is 25.7 Å². The third-order valence-electron chi connectivity index (χ3n) is 4.18. The van der Waals surface area contributed by atoms with E-state index < -0.39 is 40.4 Å². The Labute approximate surface area is 145 Å². The Bertz CT molecular complexity index is 788. The van der Waals surface area contributed by atoms with Crippen LogP contribution in [-0.4, -0.2) is 48.4 Å². The molecule has 1 atom stereocenters. The maximum absolute atomic E-state index is 12.9. The summed E-state index contributed by atoms with van der Waals surface area (Å²) in [5.41, 5.74) is -2.94. The molecule has 2 rings (SSSR count). The molecule has 0 radical (unpaired) electrons. The number of aliphatic hydroxyl groups is 1. The SMILES string of the molecule is CC(C)(C)CC(C)(C)N1C(=O)c2c(O)c(=O)c(C(=O)O)cn2CC1O. The molecule has 0 aliphatic carbocycles. The van der Waals surface area contributed by atoms with E-state index in [2.05, 4.69) is 0 Å². The lowest BCUT2D eigenvalue weighted by Crippen LogP contribution is -2.59. The van der Waals surface area contributed by atoms with Gasteiger partial charge in [0.05, 0.1) is 6.54 Å². The first kappa shape index (κ1) is 19.0. The number of aromatic carboxylic acids is 1. The van der Waals surface area contributed by atoms with Gasteiger partial charge in [0.1, 0.15) is 11.8 Å². The van der Waals surface area contributed by atoms with Crippen molar-refractivity contribution in [3.05, 3.63) is 27.7 Å². The van der Waals surface area contributed by atoms with Crippen LogP contribution in [0, 0.1) is 5.41 Å². The van der Waals surface area contributed by atoms with Crippen molar-refractivity contribution in [2.75, 3.05) is 0 Å². The quantitative estimate of drug-likeness (QED) is 0.753. The number of amides is 1. The molecule has 8 nitrogen and oxygen atoms in total. The van der Waals surface area contributed by atoms with Crippen molar-refractivity contribution >= 4 is 11.9 Å². The Morgan fingerprint density at radius 2 is 1.80 bits per heavy atom. The first-order chi connectivity index (χ1) is 11.3. The zero-order valence-electron chi connectivity index (χ0n) is 15.0. The van der Waals surface area contributed by atoms with E-state index in [0.717, 1.165) is 10.8 Å². The maximum atomic E-state index is 12.9. The van der Waals surface area contributed by atoms with Crippen LogP contribution in [-0.2, 0) is 6.54 Å². The minimum Gasteiger partial charge on any atom is -0.503 e. The van der Waals surface area contributed by atoms with Crippen molar-refractivity contribution in [2.24, 2.45) is 5.41 Å². The molecular formula is C17H24N2O6. The fraction of sp³-hybridized carbons (Fsp3) is 0.588. The van der Waals surface area contributed by atoms with Crippen LogP contribution >= 0.6 is 0 Å². The van der Waals surface area contributed by atoms with Gasteiger partial charge >= 0.3 is 5.97 Å². The molecule has 1 aliphatic heterocycles. The predicted octanol–water partition coefficient (Wildman–Crippen LogP) is 1.24. The lowest BCUT2D eigenvalue weighted by atomic mass is 9.80. The van der Waals surface area contributed by atoms with E-state index in [4.69, 9.17) is 5.11 Å². The number of hydrogen-bond acceptors (Lipinski definition) is 5. The lowest BCUT2D eigenvalue weighted by molar-refractivity contribution is -0.0639. The van der Waals surface area contributed by atoms with Crippen molar-refractivity contribution in [1.82, 2.24) is 9.47 Å². The van der Waals surface area contributed by atoms with Crippen LogP contribution in [0.5, 0.6) is 5.75 Å². The van der Waals surface area contributed by atoms with E-state index in [-0.39, 0.29) is 17.7 Å². The maximum Gasteiger partial charge on any atom is 0.341 e. The number of carboxylic acids is 1. The molecule has 3 N–H and O–H groups in total. The van der Waals surface area contributed by atoms with Crippen LogP contribution in [0.3, 0.4) is 0 Å². The van der Waals surface area contributed by atoms with Crippen molar-refractivity contribution in [3.63, 3.8) is 0 Å². The topological polar surface area (TPSA) is 120 Å². The Morgan fingerprint density at radius 3 is 2.28 bits per heavy atom. The highest BCUT2D eigenvalue weighted by molar-refractivity contribution is 5.98. The molecule has 1 aromatic heterocycles. The zero-order chi connectivity index (χ0) is 19.3. The molecule has 0 saturated heterocycles. The third kappa shape index (κ3) is 3.39. The predicted molar refractivity (Wildman–Crippen MR) is 89.7 cm³/mol. The van der Waals surface area contributed by atoms with Gasteiger partial charge in [-0.3, -0.25) is 9.59 Å². The summed E-state index contributed by atoms with van der Waals surface area (Å²) < 4.78 is 1.12. The number of aliphatic hydroxyl groups excluding tert-OH is 1. The van der Waals surface area contributed by atoms with Crippen LogP contribution in [0.15, 0.2) is 11.0 Å². The van der Waals surface area contributed by atoms with Crippen molar-refractivity contribution in [2.45, 2.75) is 59.4 Å². The summed E-state index contributed by atoms with van der Waals surface area (Å²) in [6.07, 6.45) is 0.344. The molecule has 0 fully saturated rings. The molecule has 25 heavy (non-hydrogen) atoms. The number of aromatic hydroxyl groups is 1. The average molecular weight is 352 g/mol. The molecule has 0 spiro atoms. The summed E-state index contributed by atoms with van der Waals surface area (Å²) in [5, 5.41) is 29.7. The number of nitrogens with zero attached hydrogens (tertiary/aromatic N) is 2. The van der Waals surface area contributed by atoms with Crippen LogP contribution in [0.25, 0.3) is 0 Å². The first-order valence-corrected chi connectivity index (χ1v) is 7.98. The molecule has 138 valence electrons. The third-order valence-corrected chi connectivity index (χ3v) is 4.18. The molecule has 1 aromatic rings. The van der Waals surface area contributed by atoms with Gasteiger partial charge in [0.15, 0.2) is 11.4 Å². The number of pyridine rings is 1. The monoisotopic (exact) mass is 352 g/mol. The van der Waals surface area contributed by atoms with Crippen LogP contribution in [0.4, 0.5) is 0 Å². The number of fused-ring (bicyclic) bond motifs is 1. The largest absolute Gasteiger partial charge is 0.503 e. The molecule has 0 saturated carbocycles. The summed E-state index contributed by atoms with van der Waals surface area (Å²) in [6.45, 7) is 9.48. The fourth-order valence-electron chi connectivity index (χ4n) is 3.74. The number of carboxylic acid groups (broad SMARTS) is 1. The van der Waals surface area contributed by atoms with Crippen LogP contribution in [0.2, 0.25) is 0 Å². The van der Waals surface area contributed by atoms with E-state index in [1.165, 1.54) is 4.90 Å². The number of carbonyl (C=O) groups excluding carboxylic acids is 1. The molecule has 0 bridgehead atoms. The summed E-state index contributed by atoms with van der Waals surface area (Å²) >= 11 is 0. The van der Waals surface area contributed by atoms with Crippen LogP contribution < -0.4 is 5.43 Å². The van der Waals surface area contributed by atoms with Crippen molar-refractivity contribution < 1.29 is 24.9 Å². The van der Waals surface area contributed by atoms with E-state index in [1.807, 2.05) is 20.8 Å². The molecule has 1 amide bonds. The second-order valence-electron chi connectivity index (χ2n) is 8.23. The summed E-state index contributed by atoms with van der Waals surface area (Å²) in [6, 6.07) is 0. The van der Waals surface area contributed by atoms with Gasteiger partial charge in [-0.25, -0.2) is 4.79 Å². The van der Waals surface area contributed by atoms with Gasteiger partial charge < -0.3 is 24.8 Å². The Morgan fingerprint density at radius 1 is 1.24 bits per heavy atom. The molecule has 0 aromatic carbocycles. The van der Waals surface area contributed by atoms with Crippen LogP contribution in [0.1, 0.15) is 61.9 Å². The Balaban J connectivity index is 2.58. The molecule has 1 unspecified atom stereocenters. The summed E-state index contributed by atoms with van der Waals surface area (Å²) in [7, 11) is 0. The normalized spacial score (nSPS) is 18.2. The van der Waals surface area contributed by atoms with Gasteiger partial charge in [0.2, 0.25) is 5.43 Å². The van der Waals surface area contributed by atoms with E-state index >= 15 is 0 Å². The first-order valence-electron chi connectivity index (χ1n) is 7.98. The number of carbonyl (C=O) groups is 2. The molecule has 1 aliphatic rings. The Kier molecular flexibility index (Phi) is 4.46. The van der Waals surface area contributed by atoms with Gasteiger partial charge in [0, 0.05) is 11.7 Å². The number of aromatic nitrogens is 1. The molecular weight excluding hydrogens is 328 g/mol. The van der Waals surface area contributed by atoms with E-state index in [1.54, 1.807) is 13.8 Å². The van der Waals surface area contributed by atoms with Gasteiger partial charge in [-0.2, -0.15) is 0 Å². The fourth-order valence-corrected chi connectivity index (χ4v) is 3.74. The van der Waals surface area contributed by atoms with E-state index in [9.17, 15) is 24.6 Å². The second kappa shape index (κ2) is 5.87. The minimum atomic E-state index is -1.51. The average Bonchev–Trinajstić information content (AvgIpc) is 2.38. The van der Waals surface area contributed by atoms with Gasteiger partial charge in [-0.15, -0.1) is 0 Å². The molecule has 2 heterocycles. The highest BCUT2D eigenvalue weighted by Gasteiger charge is 2.44. The van der Waals surface area contributed by atoms with Gasteiger partial charge in [0.25, 0.3) is 5.91 Å². The van der Waals surface area contributed by atoms with Gasteiger partial charge in [-0.1, -0.05) is 20.8 Å². The highest BCUT2D eigenvalue weighted by Crippen LogP contribution is 2.36. The second-order valence-corrected chi connectivity index (χ2v) is 8.23. The standard InChI is InChI=1S/C17H24N2O6/c1-16(2,3)8-17(4,5)19-10(20)7-18-6-9(15(24)25)12(21)13(22)11(18)14(19)23/h6,10,20,22H,7-8H2,1-5H3,(H,24,25). The Hall–Kier alpha value is -2.35. The zero-order valence-corrected chi connectivity index (χ0v) is 15.0. The summed E-state index contributed by atoms with van der Waals surface area (Å²) in [4.78, 5) is 37.3. The van der Waals surface area contributed by atoms with Crippen molar-refractivity contribution in [1.29, 1.82) is 0 Å². The number of rotatable bonds is 3. The molecule has 8 heteroatoms. The highest BCUT2D eigenvalue weighted by atomic mass is 16.4. The lowest BCUT2D eigenvalue weighted by Gasteiger charge is -2.47. The summed E-state index contributed by atoms with van der Waals surface area (Å²) in [5.74, 6) is -3.12. The number of hydrogen-bond donors (Lipinski definition) is 3. The minimum absolute atomic E-state index is 0.129. The van der Waals surface area contributed by atoms with Crippen molar-refractivity contribution in [3.8, 4) is 5.75 Å².